The minimum Gasteiger partial charge on any atom is -0.378 e. The first-order valence-electron chi connectivity index (χ1n) is 7.56. The van der Waals surface area contributed by atoms with Gasteiger partial charge >= 0.3 is 0 Å². The highest BCUT2D eigenvalue weighted by molar-refractivity contribution is 14.0. The zero-order valence-corrected chi connectivity index (χ0v) is 16.3. The molecule has 0 amide bonds. The number of aliphatic imine (C=N–C) groups is 1. The predicted octanol–water partition coefficient (Wildman–Crippen LogP) is 3.04. The van der Waals surface area contributed by atoms with Crippen LogP contribution in [-0.4, -0.2) is 39.7 Å². The lowest BCUT2D eigenvalue weighted by Crippen LogP contribution is -2.37. The van der Waals surface area contributed by atoms with Crippen molar-refractivity contribution in [2.24, 2.45) is 4.99 Å². The molecule has 2 N–H and O–H groups in total. The fourth-order valence-corrected chi connectivity index (χ4v) is 1.95. The number of aryl methyl sites for hydroxylation is 1. The third-order valence-electron chi connectivity index (χ3n) is 3.10. The molecule has 0 saturated heterocycles. The van der Waals surface area contributed by atoms with Crippen molar-refractivity contribution in [3.63, 3.8) is 0 Å². The first kappa shape index (κ1) is 20.8. The summed E-state index contributed by atoms with van der Waals surface area (Å²) in [6, 6.07) is 8.71. The number of nitrogens with zero attached hydrogens (tertiary/aromatic N) is 2. The summed E-state index contributed by atoms with van der Waals surface area (Å²) in [6.45, 7) is 8.19. The molecule has 0 bridgehead atoms. The molecular formula is C17H29IN4. The predicted molar refractivity (Wildman–Crippen MR) is 109 cm³/mol. The molecule has 5 heteroatoms. The summed E-state index contributed by atoms with van der Waals surface area (Å²) >= 11 is 0. The molecule has 124 valence electrons. The maximum absolute atomic E-state index is 4.55. The van der Waals surface area contributed by atoms with Crippen molar-refractivity contribution in [1.29, 1.82) is 0 Å². The van der Waals surface area contributed by atoms with Gasteiger partial charge in [0, 0.05) is 39.4 Å². The summed E-state index contributed by atoms with van der Waals surface area (Å²) in [7, 11) is 4.12. The molecule has 1 rings (SSSR count). The molecule has 0 atom stereocenters. The van der Waals surface area contributed by atoms with Crippen molar-refractivity contribution in [2.75, 3.05) is 38.6 Å². The average molecular weight is 416 g/mol. The van der Waals surface area contributed by atoms with Crippen LogP contribution in [0.2, 0.25) is 0 Å². The van der Waals surface area contributed by atoms with E-state index in [4.69, 9.17) is 0 Å². The van der Waals surface area contributed by atoms with Crippen LogP contribution in [0.15, 0.2) is 41.9 Å². The van der Waals surface area contributed by atoms with Gasteiger partial charge in [0.25, 0.3) is 0 Å². The average Bonchev–Trinajstić information content (AvgIpc) is 2.49. The number of rotatable bonds is 8. The van der Waals surface area contributed by atoms with Crippen molar-refractivity contribution in [1.82, 2.24) is 10.6 Å². The second kappa shape index (κ2) is 12.3. The molecule has 0 aromatic heterocycles. The van der Waals surface area contributed by atoms with Gasteiger partial charge in [-0.05, 0) is 37.5 Å². The van der Waals surface area contributed by atoms with Gasteiger partial charge in [-0.25, -0.2) is 0 Å². The second-order valence-electron chi connectivity index (χ2n) is 5.09. The Bertz CT molecular complexity index is 440. The minimum atomic E-state index is 0. The zero-order chi connectivity index (χ0) is 15.5. The van der Waals surface area contributed by atoms with Crippen LogP contribution in [0.25, 0.3) is 0 Å². The van der Waals surface area contributed by atoms with E-state index in [0.717, 1.165) is 38.4 Å². The van der Waals surface area contributed by atoms with Gasteiger partial charge in [0.05, 0.1) is 0 Å². The first-order valence-corrected chi connectivity index (χ1v) is 7.56. The van der Waals surface area contributed by atoms with E-state index >= 15 is 0 Å². The fraction of sp³-hybridized carbons (Fsp3) is 0.471. The van der Waals surface area contributed by atoms with Gasteiger partial charge in [0.15, 0.2) is 5.96 Å². The van der Waals surface area contributed by atoms with Gasteiger partial charge < -0.3 is 15.5 Å². The molecule has 1 aromatic carbocycles. The lowest BCUT2D eigenvalue weighted by atomic mass is 10.1. The molecule has 0 radical (unpaired) electrons. The second-order valence-corrected chi connectivity index (χ2v) is 5.09. The quantitative estimate of drug-likeness (QED) is 0.225. The topological polar surface area (TPSA) is 39.7 Å². The number of anilines is 1. The zero-order valence-electron chi connectivity index (χ0n) is 13.9. The number of guanidine groups is 1. The van der Waals surface area contributed by atoms with Crippen LogP contribution in [-0.2, 0) is 6.42 Å². The van der Waals surface area contributed by atoms with Crippen molar-refractivity contribution >= 4 is 35.6 Å². The van der Waals surface area contributed by atoms with Gasteiger partial charge in [-0.1, -0.05) is 18.2 Å². The van der Waals surface area contributed by atoms with Crippen LogP contribution in [0, 0.1) is 0 Å². The first-order chi connectivity index (χ1) is 10.2. The summed E-state index contributed by atoms with van der Waals surface area (Å²) in [5.74, 6) is 0.861. The van der Waals surface area contributed by atoms with Crippen LogP contribution in [0.3, 0.4) is 0 Å². The third kappa shape index (κ3) is 8.26. The molecule has 22 heavy (non-hydrogen) atoms. The molecule has 0 saturated carbocycles. The molecule has 0 fully saturated rings. The molecule has 0 heterocycles. The molecule has 0 unspecified atom stereocenters. The lowest BCUT2D eigenvalue weighted by molar-refractivity contribution is 0.802. The molecule has 0 aliphatic heterocycles. The molecule has 0 spiro atoms. The SMILES string of the molecule is C=CCNC(=NCCCc1ccc(N(C)C)cc1)NCC.I. The Kier molecular flexibility index (Phi) is 11.6. The van der Waals surface area contributed by atoms with E-state index in [1.807, 2.05) is 6.08 Å². The van der Waals surface area contributed by atoms with E-state index in [1.54, 1.807) is 0 Å². The van der Waals surface area contributed by atoms with Crippen molar-refractivity contribution in [3.8, 4) is 0 Å². The van der Waals surface area contributed by atoms with Gasteiger partial charge in [-0.2, -0.15) is 0 Å². The summed E-state index contributed by atoms with van der Waals surface area (Å²) in [5.41, 5.74) is 2.60. The van der Waals surface area contributed by atoms with Crippen LogP contribution in [0.5, 0.6) is 0 Å². The van der Waals surface area contributed by atoms with Gasteiger partial charge in [0.2, 0.25) is 0 Å². The number of benzene rings is 1. The highest BCUT2D eigenvalue weighted by atomic mass is 127. The van der Waals surface area contributed by atoms with Crippen LogP contribution in [0.4, 0.5) is 5.69 Å². The maximum Gasteiger partial charge on any atom is 0.191 e. The number of nitrogens with one attached hydrogen (secondary N) is 2. The molecule has 4 nitrogen and oxygen atoms in total. The van der Waals surface area contributed by atoms with E-state index in [2.05, 4.69) is 72.4 Å². The molecule has 0 aliphatic rings. The van der Waals surface area contributed by atoms with Crippen molar-refractivity contribution in [2.45, 2.75) is 19.8 Å². The number of hydrogen-bond donors (Lipinski definition) is 2. The fourth-order valence-electron chi connectivity index (χ4n) is 1.95. The van der Waals surface area contributed by atoms with Crippen LogP contribution in [0.1, 0.15) is 18.9 Å². The lowest BCUT2D eigenvalue weighted by Gasteiger charge is -2.12. The Morgan fingerprint density at radius 3 is 2.45 bits per heavy atom. The standard InChI is InChI=1S/C17H28N4.HI/c1-5-13-19-17(18-6-2)20-14-7-8-15-9-11-16(12-10-15)21(3)4;/h5,9-12H,1,6-8,13-14H2,2-4H3,(H2,18,19,20);1H. The Balaban J connectivity index is 0.00000441. The maximum atomic E-state index is 4.55. The monoisotopic (exact) mass is 416 g/mol. The van der Waals surface area contributed by atoms with Gasteiger partial charge in [0.1, 0.15) is 0 Å². The summed E-state index contributed by atoms with van der Waals surface area (Å²) in [6.07, 6.45) is 3.93. The van der Waals surface area contributed by atoms with Crippen molar-refractivity contribution < 1.29 is 0 Å². The Morgan fingerprint density at radius 2 is 1.91 bits per heavy atom. The summed E-state index contributed by atoms with van der Waals surface area (Å²) < 4.78 is 0. The van der Waals surface area contributed by atoms with E-state index in [0.29, 0.717) is 0 Å². The van der Waals surface area contributed by atoms with E-state index < -0.39 is 0 Å². The summed E-state index contributed by atoms with van der Waals surface area (Å²) in [4.78, 5) is 6.66. The minimum absolute atomic E-state index is 0. The highest BCUT2D eigenvalue weighted by Gasteiger charge is 1.97. The van der Waals surface area contributed by atoms with Gasteiger partial charge in [-0.3, -0.25) is 4.99 Å². The Morgan fingerprint density at radius 1 is 1.23 bits per heavy atom. The Labute approximate surface area is 152 Å². The summed E-state index contributed by atoms with van der Waals surface area (Å²) in [5, 5.41) is 6.43. The Hall–Kier alpha value is -1.24. The van der Waals surface area contributed by atoms with Crippen molar-refractivity contribution in [3.05, 3.63) is 42.5 Å². The molecule has 0 aliphatic carbocycles. The largest absolute Gasteiger partial charge is 0.378 e. The van der Waals surface area contributed by atoms with Crippen LogP contribution >= 0.6 is 24.0 Å². The van der Waals surface area contributed by atoms with Gasteiger partial charge in [-0.15, -0.1) is 30.6 Å². The van der Waals surface area contributed by atoms with E-state index in [-0.39, 0.29) is 24.0 Å². The number of halogens is 1. The highest BCUT2D eigenvalue weighted by Crippen LogP contribution is 2.13. The smallest absolute Gasteiger partial charge is 0.191 e. The molecular weight excluding hydrogens is 387 g/mol. The third-order valence-corrected chi connectivity index (χ3v) is 3.10. The van der Waals surface area contributed by atoms with E-state index in [9.17, 15) is 0 Å². The number of hydrogen-bond acceptors (Lipinski definition) is 2. The van der Waals surface area contributed by atoms with E-state index in [1.165, 1.54) is 11.3 Å². The normalized spacial score (nSPS) is 10.6. The molecule has 1 aromatic rings. The van der Waals surface area contributed by atoms with Crippen LogP contribution < -0.4 is 15.5 Å².